The highest BCUT2D eigenvalue weighted by molar-refractivity contribution is 5.87. The van der Waals surface area contributed by atoms with Crippen molar-refractivity contribution in [3.8, 4) is 0 Å². The van der Waals surface area contributed by atoms with Gasteiger partial charge in [0.15, 0.2) is 0 Å². The van der Waals surface area contributed by atoms with Gasteiger partial charge in [0.2, 0.25) is 0 Å². The minimum Gasteiger partial charge on any atom is -0.365 e. The fourth-order valence-corrected chi connectivity index (χ4v) is 3.53. The van der Waals surface area contributed by atoms with Gasteiger partial charge in [-0.1, -0.05) is 13.8 Å². The van der Waals surface area contributed by atoms with Gasteiger partial charge in [-0.15, -0.1) is 0 Å². The van der Waals surface area contributed by atoms with Crippen LogP contribution in [0.3, 0.4) is 0 Å². The smallest absolute Gasteiger partial charge is 0.252 e. The highest BCUT2D eigenvalue weighted by Crippen LogP contribution is 2.48. The maximum absolute atomic E-state index is 12.3. The number of fused-ring (bicyclic) bond motifs is 2. The second-order valence-corrected chi connectivity index (χ2v) is 6.58. The minimum atomic E-state index is -0.510. The maximum atomic E-state index is 12.3. The van der Waals surface area contributed by atoms with Crippen LogP contribution in [0.25, 0.3) is 10.9 Å². The molecule has 0 radical (unpaired) electrons. The lowest BCUT2D eigenvalue weighted by molar-refractivity contribution is -0.143. The molecule has 1 saturated carbocycles. The Balaban J connectivity index is 0.000000753. The van der Waals surface area contributed by atoms with Gasteiger partial charge >= 0.3 is 0 Å². The number of hydrogen-bond acceptors (Lipinski definition) is 2. The first-order chi connectivity index (χ1) is 11.1. The van der Waals surface area contributed by atoms with E-state index in [0.29, 0.717) is 12.5 Å². The fraction of sp³-hybridized carbons (Fsp3) is 0.526. The average Bonchev–Trinajstić information content (AvgIpc) is 3.21. The van der Waals surface area contributed by atoms with E-state index in [1.165, 1.54) is 16.5 Å². The summed E-state index contributed by atoms with van der Waals surface area (Å²) in [6.45, 7) is 9.51. The standard InChI is InChI=1S/C17H20N2O2.C2H6/c1-10-3-13-5-14(19-15(13)4-11(10)2)8-18-16(20)17-6-12(7-17)9-21-17;1-2/h3-5,12,19H,6-9H2,1-2H3,(H,18,20);1-2H3. The third-order valence-electron chi connectivity index (χ3n) is 4.98. The molecular weight excluding hydrogens is 288 g/mol. The zero-order valence-electron chi connectivity index (χ0n) is 14.5. The molecule has 3 fully saturated rings. The summed E-state index contributed by atoms with van der Waals surface area (Å²) in [6.07, 6.45) is 1.79. The molecule has 23 heavy (non-hydrogen) atoms. The van der Waals surface area contributed by atoms with Crippen LogP contribution >= 0.6 is 0 Å². The lowest BCUT2D eigenvalue weighted by Gasteiger charge is -2.33. The molecule has 2 N–H and O–H groups in total. The van der Waals surface area contributed by atoms with Crippen LogP contribution in [0.1, 0.15) is 43.5 Å². The summed E-state index contributed by atoms with van der Waals surface area (Å²) in [4.78, 5) is 15.6. The highest BCUT2D eigenvalue weighted by Gasteiger charge is 2.57. The van der Waals surface area contributed by atoms with Crippen molar-refractivity contribution in [2.24, 2.45) is 5.92 Å². The van der Waals surface area contributed by atoms with Crippen molar-refractivity contribution in [2.75, 3.05) is 6.61 Å². The summed E-state index contributed by atoms with van der Waals surface area (Å²) in [5, 5.41) is 4.21. The summed E-state index contributed by atoms with van der Waals surface area (Å²) in [7, 11) is 0. The summed E-state index contributed by atoms with van der Waals surface area (Å²) in [5.74, 6) is 0.650. The number of rotatable bonds is 3. The van der Waals surface area contributed by atoms with Gasteiger partial charge in [-0.05, 0) is 67.3 Å². The third kappa shape index (κ3) is 2.76. The van der Waals surface area contributed by atoms with E-state index in [0.717, 1.165) is 30.7 Å². The van der Waals surface area contributed by atoms with E-state index in [1.54, 1.807) is 0 Å². The maximum Gasteiger partial charge on any atom is 0.252 e. The van der Waals surface area contributed by atoms with Crippen molar-refractivity contribution in [1.82, 2.24) is 10.3 Å². The normalized spacial score (nSPS) is 24.8. The Hall–Kier alpha value is -1.81. The Morgan fingerprint density at radius 1 is 1.26 bits per heavy atom. The van der Waals surface area contributed by atoms with Gasteiger partial charge in [-0.25, -0.2) is 0 Å². The van der Waals surface area contributed by atoms with Crippen molar-refractivity contribution >= 4 is 16.8 Å². The number of aromatic amines is 1. The Kier molecular flexibility index (Phi) is 4.19. The summed E-state index contributed by atoms with van der Waals surface area (Å²) in [6, 6.07) is 6.45. The molecule has 3 heterocycles. The predicted molar refractivity (Wildman–Crippen MR) is 92.4 cm³/mol. The number of aromatic nitrogens is 1. The molecule has 0 unspecified atom stereocenters. The Labute approximate surface area is 137 Å². The molecule has 5 rings (SSSR count). The topological polar surface area (TPSA) is 54.1 Å². The first-order valence-electron chi connectivity index (χ1n) is 8.57. The van der Waals surface area contributed by atoms with E-state index in [4.69, 9.17) is 4.74 Å². The molecule has 0 atom stereocenters. The lowest BCUT2D eigenvalue weighted by Crippen LogP contribution is -2.50. The molecule has 2 aliphatic heterocycles. The van der Waals surface area contributed by atoms with Gasteiger partial charge in [0, 0.05) is 11.2 Å². The molecular formula is C19H26N2O2. The molecule has 1 amide bonds. The quantitative estimate of drug-likeness (QED) is 0.909. The number of nitrogens with one attached hydrogen (secondary N) is 2. The van der Waals surface area contributed by atoms with Crippen LogP contribution in [0.2, 0.25) is 0 Å². The average molecular weight is 314 g/mol. The SMILES string of the molecule is CC.Cc1cc2cc(CNC(=O)C34CC(CO3)C4)[nH]c2cc1C. The third-order valence-corrected chi connectivity index (χ3v) is 4.98. The van der Waals surface area contributed by atoms with Crippen LogP contribution in [0.15, 0.2) is 18.2 Å². The van der Waals surface area contributed by atoms with Gasteiger partial charge in [0.05, 0.1) is 13.2 Å². The number of aryl methyl sites for hydroxylation is 2. The molecule has 2 aromatic rings. The molecule has 4 nitrogen and oxygen atoms in total. The van der Waals surface area contributed by atoms with E-state index in [9.17, 15) is 4.79 Å². The van der Waals surface area contributed by atoms with E-state index in [1.807, 2.05) is 13.8 Å². The van der Waals surface area contributed by atoms with Crippen molar-refractivity contribution in [3.05, 3.63) is 35.0 Å². The molecule has 124 valence electrons. The largest absolute Gasteiger partial charge is 0.365 e. The number of amides is 1. The van der Waals surface area contributed by atoms with Crippen LogP contribution in [0, 0.1) is 19.8 Å². The molecule has 1 aromatic heterocycles. The second-order valence-electron chi connectivity index (χ2n) is 6.58. The van der Waals surface area contributed by atoms with Gasteiger partial charge in [-0.3, -0.25) is 4.79 Å². The first kappa shape index (κ1) is 16.1. The van der Waals surface area contributed by atoms with Crippen molar-refractivity contribution in [1.29, 1.82) is 0 Å². The van der Waals surface area contributed by atoms with E-state index in [2.05, 4.69) is 42.3 Å². The number of ether oxygens (including phenoxy) is 1. The van der Waals surface area contributed by atoms with Crippen LogP contribution in [-0.2, 0) is 16.1 Å². The first-order valence-corrected chi connectivity index (χ1v) is 8.57. The van der Waals surface area contributed by atoms with Gasteiger partial charge in [0.1, 0.15) is 5.60 Å². The van der Waals surface area contributed by atoms with Crippen LogP contribution in [0.5, 0.6) is 0 Å². The second kappa shape index (κ2) is 6.00. The zero-order chi connectivity index (χ0) is 16.6. The Morgan fingerprint density at radius 2 is 1.96 bits per heavy atom. The molecule has 1 aromatic carbocycles. The molecule has 3 aliphatic rings. The Bertz CT molecular complexity index is 682. The predicted octanol–water partition coefficient (Wildman–Crippen LogP) is 3.61. The monoisotopic (exact) mass is 314 g/mol. The minimum absolute atomic E-state index is 0.0438. The van der Waals surface area contributed by atoms with E-state index >= 15 is 0 Å². The van der Waals surface area contributed by atoms with Crippen molar-refractivity contribution < 1.29 is 9.53 Å². The van der Waals surface area contributed by atoms with Crippen LogP contribution < -0.4 is 5.32 Å². The van der Waals surface area contributed by atoms with Gasteiger partial charge < -0.3 is 15.0 Å². The number of carbonyl (C=O) groups excluding carboxylic acids is 1. The van der Waals surface area contributed by atoms with E-state index in [-0.39, 0.29) is 5.91 Å². The van der Waals surface area contributed by atoms with Crippen molar-refractivity contribution in [3.63, 3.8) is 0 Å². The molecule has 4 heteroatoms. The molecule has 0 spiro atoms. The highest BCUT2D eigenvalue weighted by atomic mass is 16.5. The van der Waals surface area contributed by atoms with Crippen LogP contribution in [-0.4, -0.2) is 23.1 Å². The van der Waals surface area contributed by atoms with Gasteiger partial charge in [0.25, 0.3) is 5.91 Å². The summed E-state index contributed by atoms with van der Waals surface area (Å²) < 4.78 is 5.63. The zero-order valence-corrected chi connectivity index (χ0v) is 14.5. The van der Waals surface area contributed by atoms with Crippen molar-refractivity contribution in [2.45, 2.75) is 52.7 Å². The Morgan fingerprint density at radius 3 is 2.61 bits per heavy atom. The molecule has 1 aliphatic carbocycles. The van der Waals surface area contributed by atoms with E-state index < -0.39 is 5.60 Å². The van der Waals surface area contributed by atoms with Crippen LogP contribution in [0.4, 0.5) is 0 Å². The molecule has 2 bridgehead atoms. The summed E-state index contributed by atoms with van der Waals surface area (Å²) in [5.41, 5.74) is 4.22. The number of carbonyl (C=O) groups is 1. The van der Waals surface area contributed by atoms with Gasteiger partial charge in [-0.2, -0.15) is 0 Å². The fourth-order valence-electron chi connectivity index (χ4n) is 3.53. The lowest BCUT2D eigenvalue weighted by atomic mass is 9.74. The number of H-pyrrole nitrogens is 1. The number of hydrogen-bond donors (Lipinski definition) is 2. The molecule has 2 saturated heterocycles. The summed E-state index contributed by atoms with van der Waals surface area (Å²) >= 11 is 0. The number of benzene rings is 1.